The molecule has 128 valence electrons. The van der Waals surface area contributed by atoms with Crippen molar-refractivity contribution in [3.05, 3.63) is 48.5 Å². The van der Waals surface area contributed by atoms with E-state index in [0.717, 1.165) is 6.26 Å². The first-order chi connectivity index (χ1) is 11.2. The fourth-order valence-electron chi connectivity index (χ4n) is 1.93. The summed E-state index contributed by atoms with van der Waals surface area (Å²) in [5, 5.41) is 5.45. The second kappa shape index (κ2) is 7.35. The molecule has 0 spiro atoms. The van der Waals surface area contributed by atoms with Crippen molar-refractivity contribution in [3.8, 4) is 11.5 Å². The van der Waals surface area contributed by atoms with Gasteiger partial charge < -0.3 is 15.4 Å². The van der Waals surface area contributed by atoms with Crippen LogP contribution in [0.4, 0.5) is 10.5 Å². The lowest BCUT2D eigenvalue weighted by molar-refractivity contribution is 0.250. The number of anilines is 1. The summed E-state index contributed by atoms with van der Waals surface area (Å²) in [6.45, 7) is 3.76. The van der Waals surface area contributed by atoms with Crippen LogP contribution in [0.2, 0.25) is 0 Å². The number of carbonyl (C=O) groups is 1. The van der Waals surface area contributed by atoms with Gasteiger partial charge in [0.1, 0.15) is 11.5 Å². The standard InChI is InChI=1S/C17H20N2O4S/c1-12(2)18-17(20)19-13-4-6-14(7-5-13)23-15-8-10-16(11-9-15)24(3,21)22/h4-12H,1-3H3,(H2,18,19,20). The van der Waals surface area contributed by atoms with Crippen molar-refractivity contribution in [2.24, 2.45) is 0 Å². The molecule has 2 aromatic carbocycles. The molecular weight excluding hydrogens is 328 g/mol. The molecule has 0 aliphatic carbocycles. The third-order valence-corrected chi connectivity index (χ3v) is 4.15. The lowest BCUT2D eigenvalue weighted by Crippen LogP contribution is -2.34. The van der Waals surface area contributed by atoms with Gasteiger partial charge in [-0.3, -0.25) is 0 Å². The third kappa shape index (κ3) is 5.27. The van der Waals surface area contributed by atoms with E-state index in [1.165, 1.54) is 12.1 Å². The van der Waals surface area contributed by atoms with Crippen LogP contribution in [-0.2, 0) is 9.84 Å². The number of ether oxygens (including phenoxy) is 1. The number of hydrogen-bond donors (Lipinski definition) is 2. The Morgan fingerprint density at radius 1 is 0.958 bits per heavy atom. The second-order valence-corrected chi connectivity index (χ2v) is 7.64. The molecule has 2 N–H and O–H groups in total. The van der Waals surface area contributed by atoms with Crippen LogP contribution in [0.3, 0.4) is 0 Å². The summed E-state index contributed by atoms with van der Waals surface area (Å²) >= 11 is 0. The van der Waals surface area contributed by atoms with E-state index in [-0.39, 0.29) is 17.0 Å². The molecule has 0 aromatic heterocycles. The fraction of sp³-hybridized carbons (Fsp3) is 0.235. The monoisotopic (exact) mass is 348 g/mol. The van der Waals surface area contributed by atoms with Gasteiger partial charge in [-0.25, -0.2) is 13.2 Å². The normalized spacial score (nSPS) is 11.2. The molecular formula is C17H20N2O4S. The molecule has 0 atom stereocenters. The number of rotatable bonds is 5. The molecule has 0 aliphatic heterocycles. The number of urea groups is 1. The van der Waals surface area contributed by atoms with Gasteiger partial charge in [0.05, 0.1) is 4.90 Å². The van der Waals surface area contributed by atoms with Gasteiger partial charge in [0.15, 0.2) is 9.84 Å². The zero-order valence-corrected chi connectivity index (χ0v) is 14.6. The van der Waals surface area contributed by atoms with Crippen molar-refractivity contribution < 1.29 is 17.9 Å². The molecule has 24 heavy (non-hydrogen) atoms. The highest BCUT2D eigenvalue weighted by atomic mass is 32.2. The van der Waals surface area contributed by atoms with Crippen molar-refractivity contribution in [2.75, 3.05) is 11.6 Å². The zero-order chi connectivity index (χ0) is 17.7. The van der Waals surface area contributed by atoms with Gasteiger partial charge in [-0.05, 0) is 62.4 Å². The Morgan fingerprint density at radius 3 is 1.92 bits per heavy atom. The van der Waals surface area contributed by atoms with Crippen LogP contribution in [0.25, 0.3) is 0 Å². The maximum absolute atomic E-state index is 11.6. The number of benzene rings is 2. The maximum atomic E-state index is 11.6. The molecule has 0 radical (unpaired) electrons. The third-order valence-electron chi connectivity index (χ3n) is 3.02. The molecule has 0 heterocycles. The van der Waals surface area contributed by atoms with E-state index in [0.29, 0.717) is 17.2 Å². The molecule has 0 saturated heterocycles. The van der Waals surface area contributed by atoms with E-state index >= 15 is 0 Å². The first kappa shape index (κ1) is 17.8. The zero-order valence-electron chi connectivity index (χ0n) is 13.7. The van der Waals surface area contributed by atoms with Gasteiger partial charge in [0, 0.05) is 18.0 Å². The molecule has 0 bridgehead atoms. The first-order valence-corrected chi connectivity index (χ1v) is 9.29. The Labute approximate surface area is 141 Å². The quantitative estimate of drug-likeness (QED) is 0.867. The highest BCUT2D eigenvalue weighted by molar-refractivity contribution is 7.90. The van der Waals surface area contributed by atoms with Crippen LogP contribution in [0.1, 0.15) is 13.8 Å². The van der Waals surface area contributed by atoms with Crippen LogP contribution in [0.15, 0.2) is 53.4 Å². The summed E-state index contributed by atoms with van der Waals surface area (Å²) in [6, 6.07) is 12.9. The van der Waals surface area contributed by atoms with Crippen molar-refractivity contribution in [1.29, 1.82) is 0 Å². The Balaban J connectivity index is 2.00. The van der Waals surface area contributed by atoms with Gasteiger partial charge in [0.25, 0.3) is 0 Å². The van der Waals surface area contributed by atoms with Crippen molar-refractivity contribution in [2.45, 2.75) is 24.8 Å². The Morgan fingerprint density at radius 2 is 1.46 bits per heavy atom. The largest absolute Gasteiger partial charge is 0.457 e. The van der Waals surface area contributed by atoms with Crippen molar-refractivity contribution in [3.63, 3.8) is 0 Å². The predicted octanol–water partition coefficient (Wildman–Crippen LogP) is 3.41. The van der Waals surface area contributed by atoms with E-state index in [4.69, 9.17) is 4.74 Å². The molecule has 0 unspecified atom stereocenters. The summed E-state index contributed by atoms with van der Waals surface area (Å²) in [5.74, 6) is 1.11. The average molecular weight is 348 g/mol. The minimum Gasteiger partial charge on any atom is -0.457 e. The van der Waals surface area contributed by atoms with Crippen LogP contribution >= 0.6 is 0 Å². The Kier molecular flexibility index (Phi) is 5.46. The summed E-state index contributed by atoms with van der Waals surface area (Å²) in [4.78, 5) is 11.9. The predicted molar refractivity (Wildman–Crippen MR) is 93.4 cm³/mol. The minimum atomic E-state index is -3.22. The number of amides is 2. The Bertz CT molecular complexity index is 797. The summed E-state index contributed by atoms with van der Waals surface area (Å²) in [7, 11) is -3.22. The van der Waals surface area contributed by atoms with Crippen LogP contribution < -0.4 is 15.4 Å². The van der Waals surface area contributed by atoms with Gasteiger partial charge in [-0.2, -0.15) is 0 Å². The van der Waals surface area contributed by atoms with Gasteiger partial charge in [0.2, 0.25) is 0 Å². The Hall–Kier alpha value is -2.54. The number of hydrogen-bond acceptors (Lipinski definition) is 4. The molecule has 0 saturated carbocycles. The van der Waals surface area contributed by atoms with E-state index < -0.39 is 9.84 Å². The van der Waals surface area contributed by atoms with E-state index in [1.807, 2.05) is 13.8 Å². The molecule has 2 rings (SSSR count). The number of sulfone groups is 1. The number of nitrogens with one attached hydrogen (secondary N) is 2. The van der Waals surface area contributed by atoms with E-state index in [2.05, 4.69) is 10.6 Å². The second-order valence-electron chi connectivity index (χ2n) is 5.62. The summed E-state index contributed by atoms with van der Waals surface area (Å²) < 4.78 is 28.5. The molecule has 0 aliphatic rings. The highest BCUT2D eigenvalue weighted by Crippen LogP contribution is 2.24. The smallest absolute Gasteiger partial charge is 0.319 e. The highest BCUT2D eigenvalue weighted by Gasteiger charge is 2.07. The van der Waals surface area contributed by atoms with Crippen LogP contribution in [0.5, 0.6) is 11.5 Å². The molecule has 7 heteroatoms. The lowest BCUT2D eigenvalue weighted by atomic mass is 10.3. The summed E-state index contributed by atoms with van der Waals surface area (Å²) in [5.41, 5.74) is 0.646. The van der Waals surface area contributed by atoms with Crippen molar-refractivity contribution in [1.82, 2.24) is 5.32 Å². The van der Waals surface area contributed by atoms with E-state index in [1.54, 1.807) is 36.4 Å². The maximum Gasteiger partial charge on any atom is 0.319 e. The van der Waals surface area contributed by atoms with Gasteiger partial charge in [-0.1, -0.05) is 0 Å². The fourth-order valence-corrected chi connectivity index (χ4v) is 2.56. The van der Waals surface area contributed by atoms with Crippen LogP contribution in [0, 0.1) is 0 Å². The molecule has 0 fully saturated rings. The lowest BCUT2D eigenvalue weighted by Gasteiger charge is -2.11. The number of carbonyl (C=O) groups excluding carboxylic acids is 1. The SMILES string of the molecule is CC(C)NC(=O)Nc1ccc(Oc2ccc(S(C)(=O)=O)cc2)cc1. The molecule has 2 amide bonds. The van der Waals surface area contributed by atoms with E-state index in [9.17, 15) is 13.2 Å². The van der Waals surface area contributed by atoms with Crippen LogP contribution in [-0.4, -0.2) is 26.7 Å². The topological polar surface area (TPSA) is 84.5 Å². The average Bonchev–Trinajstić information content (AvgIpc) is 2.48. The van der Waals surface area contributed by atoms with Gasteiger partial charge >= 0.3 is 6.03 Å². The summed E-state index contributed by atoms with van der Waals surface area (Å²) in [6.07, 6.45) is 1.16. The molecule has 6 nitrogen and oxygen atoms in total. The van der Waals surface area contributed by atoms with Gasteiger partial charge in [-0.15, -0.1) is 0 Å². The first-order valence-electron chi connectivity index (χ1n) is 7.39. The van der Waals surface area contributed by atoms with Crippen molar-refractivity contribution >= 4 is 21.6 Å². The molecule has 2 aromatic rings. The minimum absolute atomic E-state index is 0.0579.